The molecule has 0 radical (unpaired) electrons. The number of nitrogens with zero attached hydrogens (tertiary/aromatic N) is 1. The lowest BCUT2D eigenvalue weighted by Gasteiger charge is -2.40. The summed E-state index contributed by atoms with van der Waals surface area (Å²) in [6, 6.07) is 0.168. The van der Waals surface area contributed by atoms with Crippen molar-refractivity contribution in [1.82, 2.24) is 4.90 Å². The fourth-order valence-electron chi connectivity index (χ4n) is 3.06. The van der Waals surface area contributed by atoms with Gasteiger partial charge in [-0.3, -0.25) is 0 Å². The zero-order chi connectivity index (χ0) is 14.0. The molecule has 1 saturated heterocycles. The number of hydrogen-bond acceptors (Lipinski definition) is 3. The molecule has 0 spiro atoms. The summed E-state index contributed by atoms with van der Waals surface area (Å²) in [6.45, 7) is 6.65. The topological polar surface area (TPSA) is 49.8 Å². The summed E-state index contributed by atoms with van der Waals surface area (Å²) < 4.78 is 5.51. The molecule has 2 atom stereocenters. The van der Waals surface area contributed by atoms with E-state index in [0.29, 0.717) is 5.92 Å². The minimum Gasteiger partial charge on any atom is -0.444 e. The van der Waals surface area contributed by atoms with Crippen LogP contribution in [-0.4, -0.2) is 40.9 Å². The average molecular weight is 269 g/mol. The second kappa shape index (κ2) is 5.70. The summed E-state index contributed by atoms with van der Waals surface area (Å²) in [6.07, 6.45) is 5.37. The van der Waals surface area contributed by atoms with Crippen LogP contribution in [0.2, 0.25) is 0 Å². The van der Waals surface area contributed by atoms with E-state index in [0.717, 1.165) is 25.8 Å². The summed E-state index contributed by atoms with van der Waals surface area (Å²) in [5.41, 5.74) is -0.451. The number of ether oxygens (including phenoxy) is 1. The molecule has 2 fully saturated rings. The van der Waals surface area contributed by atoms with E-state index in [1.54, 1.807) is 0 Å². The molecule has 0 bridgehead atoms. The molecule has 1 amide bonds. The zero-order valence-corrected chi connectivity index (χ0v) is 12.4. The lowest BCUT2D eigenvalue weighted by atomic mass is 9.87. The SMILES string of the molecule is CC(C)(C)OC(=O)N1CCCCC1C(CO)C1CC1. The second-order valence-electron chi connectivity index (χ2n) is 6.92. The summed E-state index contributed by atoms with van der Waals surface area (Å²) in [7, 11) is 0. The first-order valence-electron chi connectivity index (χ1n) is 7.53. The van der Waals surface area contributed by atoms with Gasteiger partial charge in [-0.25, -0.2) is 4.79 Å². The number of aliphatic hydroxyl groups is 1. The van der Waals surface area contributed by atoms with Gasteiger partial charge in [0, 0.05) is 25.1 Å². The van der Waals surface area contributed by atoms with E-state index in [1.165, 1.54) is 12.8 Å². The molecule has 2 aliphatic rings. The number of carbonyl (C=O) groups excluding carboxylic acids is 1. The minimum atomic E-state index is -0.451. The molecule has 0 aromatic rings. The number of hydrogen-bond donors (Lipinski definition) is 1. The van der Waals surface area contributed by atoms with Crippen molar-refractivity contribution in [3.05, 3.63) is 0 Å². The van der Waals surface area contributed by atoms with E-state index in [2.05, 4.69) is 0 Å². The number of rotatable bonds is 3. The van der Waals surface area contributed by atoms with Crippen LogP contribution in [0.4, 0.5) is 4.79 Å². The Morgan fingerprint density at radius 1 is 1.32 bits per heavy atom. The van der Waals surface area contributed by atoms with E-state index >= 15 is 0 Å². The standard InChI is InChI=1S/C15H27NO3/c1-15(2,3)19-14(18)16-9-5-4-6-13(16)12(10-17)11-7-8-11/h11-13,17H,4-10H2,1-3H3. The fourth-order valence-corrected chi connectivity index (χ4v) is 3.06. The van der Waals surface area contributed by atoms with Crippen molar-refractivity contribution in [3.63, 3.8) is 0 Å². The van der Waals surface area contributed by atoms with Crippen molar-refractivity contribution in [3.8, 4) is 0 Å². The van der Waals surface area contributed by atoms with Crippen LogP contribution in [0.1, 0.15) is 52.9 Å². The van der Waals surface area contributed by atoms with Crippen molar-refractivity contribution >= 4 is 6.09 Å². The molecule has 2 rings (SSSR count). The van der Waals surface area contributed by atoms with Gasteiger partial charge in [-0.2, -0.15) is 0 Å². The van der Waals surface area contributed by atoms with Crippen molar-refractivity contribution in [2.24, 2.45) is 11.8 Å². The van der Waals surface area contributed by atoms with Gasteiger partial charge in [-0.15, -0.1) is 0 Å². The lowest BCUT2D eigenvalue weighted by molar-refractivity contribution is -0.00612. The van der Waals surface area contributed by atoms with E-state index in [-0.39, 0.29) is 24.7 Å². The van der Waals surface area contributed by atoms with Crippen LogP contribution in [0.3, 0.4) is 0 Å². The summed E-state index contributed by atoms with van der Waals surface area (Å²) in [4.78, 5) is 14.2. The first-order valence-corrected chi connectivity index (χ1v) is 7.53. The first-order chi connectivity index (χ1) is 8.92. The van der Waals surface area contributed by atoms with Crippen molar-refractivity contribution in [2.75, 3.05) is 13.2 Å². The number of piperidine rings is 1. The Balaban J connectivity index is 2.04. The molecular weight excluding hydrogens is 242 g/mol. The highest BCUT2D eigenvalue weighted by atomic mass is 16.6. The third-order valence-corrected chi connectivity index (χ3v) is 4.11. The van der Waals surface area contributed by atoms with Gasteiger partial charge in [-0.05, 0) is 58.8 Å². The number of carbonyl (C=O) groups is 1. The predicted octanol–water partition coefficient (Wildman–Crippen LogP) is 2.79. The first kappa shape index (κ1) is 14.6. The highest BCUT2D eigenvalue weighted by Gasteiger charge is 2.41. The smallest absolute Gasteiger partial charge is 0.410 e. The minimum absolute atomic E-state index is 0.168. The molecule has 1 heterocycles. The Hall–Kier alpha value is -0.770. The van der Waals surface area contributed by atoms with Crippen molar-refractivity contribution in [2.45, 2.75) is 64.5 Å². The summed E-state index contributed by atoms with van der Waals surface area (Å²) >= 11 is 0. The quantitative estimate of drug-likeness (QED) is 0.857. The van der Waals surface area contributed by atoms with E-state index in [9.17, 15) is 9.90 Å². The summed E-state index contributed by atoms with van der Waals surface area (Å²) in [5, 5.41) is 9.64. The van der Waals surface area contributed by atoms with Crippen LogP contribution < -0.4 is 0 Å². The van der Waals surface area contributed by atoms with Crippen LogP contribution in [0.25, 0.3) is 0 Å². The Morgan fingerprint density at radius 2 is 2.00 bits per heavy atom. The van der Waals surface area contributed by atoms with Crippen LogP contribution in [-0.2, 0) is 4.74 Å². The third-order valence-electron chi connectivity index (χ3n) is 4.11. The highest BCUT2D eigenvalue weighted by molar-refractivity contribution is 5.68. The molecule has 19 heavy (non-hydrogen) atoms. The molecule has 0 aromatic carbocycles. The maximum absolute atomic E-state index is 12.3. The number of amides is 1. The van der Waals surface area contributed by atoms with Crippen LogP contribution in [0, 0.1) is 11.8 Å². The Kier molecular flexibility index (Phi) is 4.39. The maximum Gasteiger partial charge on any atom is 0.410 e. The van der Waals surface area contributed by atoms with E-state index in [1.807, 2.05) is 25.7 Å². The number of aliphatic hydroxyl groups excluding tert-OH is 1. The molecule has 110 valence electrons. The molecule has 1 saturated carbocycles. The Morgan fingerprint density at radius 3 is 2.53 bits per heavy atom. The predicted molar refractivity (Wildman–Crippen MR) is 73.9 cm³/mol. The molecule has 1 aliphatic carbocycles. The van der Waals surface area contributed by atoms with Crippen molar-refractivity contribution < 1.29 is 14.6 Å². The van der Waals surface area contributed by atoms with Crippen LogP contribution in [0.5, 0.6) is 0 Å². The lowest BCUT2D eigenvalue weighted by Crippen LogP contribution is -2.50. The van der Waals surface area contributed by atoms with Gasteiger partial charge in [-0.1, -0.05) is 0 Å². The molecule has 1 N–H and O–H groups in total. The molecule has 1 aliphatic heterocycles. The largest absolute Gasteiger partial charge is 0.444 e. The monoisotopic (exact) mass is 269 g/mol. The van der Waals surface area contributed by atoms with Gasteiger partial charge in [0.15, 0.2) is 0 Å². The Labute approximate surface area is 116 Å². The number of likely N-dealkylation sites (tertiary alicyclic amines) is 1. The maximum atomic E-state index is 12.3. The molecule has 2 unspecified atom stereocenters. The second-order valence-corrected chi connectivity index (χ2v) is 6.92. The van der Waals surface area contributed by atoms with E-state index in [4.69, 9.17) is 4.74 Å². The average Bonchev–Trinajstić information content (AvgIpc) is 3.13. The van der Waals surface area contributed by atoms with Crippen LogP contribution >= 0.6 is 0 Å². The highest BCUT2D eigenvalue weighted by Crippen LogP contribution is 2.41. The third kappa shape index (κ3) is 3.85. The van der Waals surface area contributed by atoms with E-state index < -0.39 is 5.60 Å². The summed E-state index contributed by atoms with van der Waals surface area (Å²) in [5.74, 6) is 0.853. The molecule has 0 aromatic heterocycles. The molecule has 4 heteroatoms. The molecular formula is C15H27NO3. The normalized spacial score (nSPS) is 26.1. The van der Waals surface area contributed by atoms with Gasteiger partial charge in [0.2, 0.25) is 0 Å². The van der Waals surface area contributed by atoms with Gasteiger partial charge in [0.1, 0.15) is 5.60 Å². The van der Waals surface area contributed by atoms with Gasteiger partial charge >= 0.3 is 6.09 Å². The zero-order valence-electron chi connectivity index (χ0n) is 12.4. The van der Waals surface area contributed by atoms with Gasteiger partial charge < -0.3 is 14.7 Å². The van der Waals surface area contributed by atoms with Crippen molar-refractivity contribution in [1.29, 1.82) is 0 Å². The Bertz CT molecular complexity index is 320. The van der Waals surface area contributed by atoms with Gasteiger partial charge in [0.25, 0.3) is 0 Å². The van der Waals surface area contributed by atoms with Crippen LogP contribution in [0.15, 0.2) is 0 Å². The van der Waals surface area contributed by atoms with Gasteiger partial charge in [0.05, 0.1) is 0 Å². The molecule has 4 nitrogen and oxygen atoms in total. The fraction of sp³-hybridized carbons (Fsp3) is 0.933.